The molecule has 1 fully saturated rings. The number of hydroxylamine groups is 1. The Morgan fingerprint density at radius 1 is 1.15 bits per heavy atom. The lowest BCUT2D eigenvalue weighted by Crippen LogP contribution is -2.32. The third kappa shape index (κ3) is 18.6. The van der Waals surface area contributed by atoms with E-state index in [2.05, 4.69) is 41.5 Å². The predicted molar refractivity (Wildman–Crippen MR) is 166 cm³/mol. The molecule has 0 spiro atoms. The number of carbonyl (C=O) groups is 2. The average molecular weight is 563 g/mol. The van der Waals surface area contributed by atoms with Crippen LogP contribution in [-0.4, -0.2) is 68.7 Å². The number of aldehydes is 1. The quantitative estimate of drug-likeness (QED) is 0.0663. The van der Waals surface area contributed by atoms with Crippen LogP contribution in [-0.2, 0) is 14.4 Å². The van der Waals surface area contributed by atoms with E-state index >= 15 is 0 Å². The van der Waals surface area contributed by atoms with Crippen molar-refractivity contribution in [3.8, 4) is 0 Å². The van der Waals surface area contributed by atoms with Gasteiger partial charge in [-0.25, -0.2) is 5.48 Å². The minimum absolute atomic E-state index is 0.0786. The number of halogens is 1. The molecular weight excluding hydrogens is 512 g/mol. The standard InChI is InChI=1S/C23H32ClN3O2.C5H13N.C3H6O/c1-18(20-9-7-10-21(24)17-20)11-12-22(19(2)28)23(25-3)26-29-16-8-15-27-13-5-4-6-14-27;1-5(2,3)6-4;1-2-3-4/h7,9-12,17H,4-6,8,13-16H2,1-3H3,(H,25,26);6H,1-4H3;3H,2H2,1H3/b18-11+,22-12+;;. The maximum absolute atomic E-state index is 12.1. The summed E-state index contributed by atoms with van der Waals surface area (Å²) in [6, 6.07) is 7.62. The molecule has 2 rings (SSSR count). The van der Waals surface area contributed by atoms with Crippen LogP contribution in [0, 0.1) is 0 Å². The lowest BCUT2D eigenvalue weighted by Gasteiger charge is -2.26. The summed E-state index contributed by atoms with van der Waals surface area (Å²) in [4.78, 5) is 33.6. The van der Waals surface area contributed by atoms with E-state index in [9.17, 15) is 9.59 Å². The molecule has 8 heteroatoms. The Bertz CT molecular complexity index is 930. The minimum Gasteiger partial charge on any atom is -0.315 e. The minimum atomic E-state index is -0.0786. The normalized spacial score (nSPS) is 14.9. The van der Waals surface area contributed by atoms with Crippen LogP contribution in [0.2, 0.25) is 5.02 Å². The van der Waals surface area contributed by atoms with E-state index in [1.165, 1.54) is 39.3 Å². The molecule has 0 aliphatic carbocycles. The smallest absolute Gasteiger partial charge is 0.163 e. The Kier molecular flexibility index (Phi) is 20.2. The highest BCUT2D eigenvalue weighted by molar-refractivity contribution is 6.30. The molecule has 0 bridgehead atoms. The van der Waals surface area contributed by atoms with Crippen molar-refractivity contribution in [3.63, 3.8) is 0 Å². The fourth-order valence-electron chi connectivity index (χ4n) is 3.29. The van der Waals surface area contributed by atoms with Gasteiger partial charge in [0.15, 0.2) is 11.6 Å². The number of hydrogen-bond acceptors (Lipinski definition) is 6. The molecule has 39 heavy (non-hydrogen) atoms. The Labute approximate surface area is 242 Å². The molecule has 1 heterocycles. The van der Waals surface area contributed by atoms with Crippen molar-refractivity contribution in [2.24, 2.45) is 4.99 Å². The molecule has 0 unspecified atom stereocenters. The van der Waals surface area contributed by atoms with Gasteiger partial charge in [0, 0.05) is 30.6 Å². The van der Waals surface area contributed by atoms with Gasteiger partial charge in [-0.2, -0.15) is 0 Å². The van der Waals surface area contributed by atoms with Gasteiger partial charge in [-0.3, -0.25) is 14.6 Å². The van der Waals surface area contributed by atoms with E-state index < -0.39 is 0 Å². The molecule has 0 amide bonds. The third-order valence-corrected chi connectivity index (χ3v) is 6.13. The Morgan fingerprint density at radius 3 is 2.26 bits per heavy atom. The van der Waals surface area contributed by atoms with E-state index in [-0.39, 0.29) is 5.78 Å². The number of aliphatic imine (C=N–C) groups is 1. The van der Waals surface area contributed by atoms with Crippen LogP contribution in [0.15, 0.2) is 47.0 Å². The second-order valence-corrected chi connectivity index (χ2v) is 10.8. The van der Waals surface area contributed by atoms with E-state index in [0.29, 0.717) is 35.0 Å². The monoisotopic (exact) mass is 562 g/mol. The van der Waals surface area contributed by atoms with Gasteiger partial charge in [-0.1, -0.05) is 43.2 Å². The van der Waals surface area contributed by atoms with Crippen LogP contribution >= 0.6 is 11.6 Å². The summed E-state index contributed by atoms with van der Waals surface area (Å²) >= 11 is 6.06. The van der Waals surface area contributed by atoms with Crippen molar-refractivity contribution >= 4 is 35.1 Å². The van der Waals surface area contributed by atoms with Gasteiger partial charge >= 0.3 is 0 Å². The van der Waals surface area contributed by atoms with E-state index in [1.54, 1.807) is 13.1 Å². The molecule has 220 valence electrons. The fourth-order valence-corrected chi connectivity index (χ4v) is 3.48. The van der Waals surface area contributed by atoms with Gasteiger partial charge in [-0.05, 0) is 103 Å². The molecule has 1 aliphatic heterocycles. The van der Waals surface area contributed by atoms with Crippen LogP contribution in [0.25, 0.3) is 5.57 Å². The highest BCUT2D eigenvalue weighted by Crippen LogP contribution is 2.18. The van der Waals surface area contributed by atoms with Crippen LogP contribution in [0.4, 0.5) is 0 Å². The molecule has 1 aliphatic rings. The number of ketones is 1. The summed E-state index contributed by atoms with van der Waals surface area (Å²) in [5, 5.41) is 3.79. The first-order valence-corrected chi connectivity index (χ1v) is 14.2. The summed E-state index contributed by atoms with van der Waals surface area (Å²) < 4.78 is 0. The van der Waals surface area contributed by atoms with Gasteiger partial charge in [0.05, 0.1) is 12.2 Å². The molecule has 0 radical (unpaired) electrons. The molecule has 1 aromatic rings. The summed E-state index contributed by atoms with van der Waals surface area (Å²) in [5.41, 5.74) is 5.63. The first kappa shape index (κ1) is 36.7. The average Bonchev–Trinajstić information content (AvgIpc) is 2.92. The largest absolute Gasteiger partial charge is 0.315 e. The fraction of sp³-hybridized carbons (Fsp3) is 0.581. The van der Waals surface area contributed by atoms with Crippen molar-refractivity contribution < 1.29 is 14.4 Å². The zero-order valence-corrected chi connectivity index (χ0v) is 26.2. The summed E-state index contributed by atoms with van der Waals surface area (Å²) in [6.45, 7) is 15.7. The van der Waals surface area contributed by atoms with Gasteiger partial charge < -0.3 is 15.0 Å². The first-order chi connectivity index (χ1) is 18.5. The molecule has 7 nitrogen and oxygen atoms in total. The number of nitrogens with one attached hydrogen (secondary N) is 2. The van der Waals surface area contributed by atoms with Gasteiger partial charge in [-0.15, -0.1) is 0 Å². The number of hydrogen-bond donors (Lipinski definition) is 2. The zero-order valence-electron chi connectivity index (χ0n) is 25.4. The van der Waals surface area contributed by atoms with Crippen molar-refractivity contribution in [1.82, 2.24) is 15.7 Å². The number of amidine groups is 1. The Morgan fingerprint density at radius 2 is 1.77 bits per heavy atom. The van der Waals surface area contributed by atoms with E-state index in [1.807, 2.05) is 51.2 Å². The number of Topliss-reactive ketones (excluding diaryl/α,β-unsaturated/α-hetero) is 1. The van der Waals surface area contributed by atoms with Gasteiger partial charge in [0.2, 0.25) is 0 Å². The molecule has 1 aromatic carbocycles. The van der Waals surface area contributed by atoms with Crippen LogP contribution in [0.3, 0.4) is 0 Å². The highest BCUT2D eigenvalue weighted by atomic mass is 35.5. The number of piperidine rings is 1. The molecular formula is C31H51ClN4O3. The number of carbonyl (C=O) groups excluding carboxylic acids is 2. The van der Waals surface area contributed by atoms with Crippen molar-refractivity contribution in [2.45, 2.75) is 79.2 Å². The van der Waals surface area contributed by atoms with Gasteiger partial charge in [0.1, 0.15) is 6.29 Å². The van der Waals surface area contributed by atoms with E-state index in [0.717, 1.165) is 30.4 Å². The second-order valence-electron chi connectivity index (χ2n) is 10.4. The topological polar surface area (TPSA) is 83.0 Å². The number of nitrogens with zero attached hydrogens (tertiary/aromatic N) is 2. The molecule has 0 atom stereocenters. The predicted octanol–water partition coefficient (Wildman–Crippen LogP) is 6.28. The summed E-state index contributed by atoms with van der Waals surface area (Å²) in [6.07, 6.45) is 10.0. The highest BCUT2D eigenvalue weighted by Gasteiger charge is 2.12. The maximum Gasteiger partial charge on any atom is 0.163 e. The number of likely N-dealkylation sites (tertiary alicyclic amines) is 1. The first-order valence-electron chi connectivity index (χ1n) is 13.8. The number of rotatable bonds is 10. The number of allylic oxidation sites excluding steroid dienone is 3. The van der Waals surface area contributed by atoms with Crippen molar-refractivity contribution in [1.29, 1.82) is 0 Å². The second kappa shape index (κ2) is 21.5. The Hall–Kier alpha value is -2.32. The van der Waals surface area contributed by atoms with E-state index in [4.69, 9.17) is 16.4 Å². The summed E-state index contributed by atoms with van der Waals surface area (Å²) in [7, 11) is 3.60. The Balaban J connectivity index is 0.00000123. The molecule has 0 saturated carbocycles. The maximum atomic E-state index is 12.1. The zero-order chi connectivity index (χ0) is 29.7. The molecule has 0 aromatic heterocycles. The summed E-state index contributed by atoms with van der Waals surface area (Å²) in [5.74, 6) is 0.357. The molecule has 2 N–H and O–H groups in total. The third-order valence-electron chi connectivity index (χ3n) is 5.89. The lowest BCUT2D eigenvalue weighted by atomic mass is 10.1. The van der Waals surface area contributed by atoms with Crippen LogP contribution < -0.4 is 10.8 Å². The van der Waals surface area contributed by atoms with Crippen molar-refractivity contribution in [2.75, 3.05) is 40.3 Å². The van der Waals surface area contributed by atoms with Crippen LogP contribution in [0.5, 0.6) is 0 Å². The van der Waals surface area contributed by atoms with Crippen LogP contribution in [0.1, 0.15) is 79.2 Å². The number of benzene rings is 1. The van der Waals surface area contributed by atoms with Crippen molar-refractivity contribution in [3.05, 3.63) is 52.6 Å². The molecule has 1 saturated heterocycles. The lowest BCUT2D eigenvalue weighted by molar-refractivity contribution is -0.113. The van der Waals surface area contributed by atoms with Gasteiger partial charge in [0.25, 0.3) is 0 Å². The SMILES string of the molecule is CCC=O.CN=C(NOCCCN1CCCCC1)/C(=C/C=C(\C)c1cccc(Cl)c1)C(C)=O.CNC(C)(C)C.